The second kappa shape index (κ2) is 4.17. The topological polar surface area (TPSA) is 53.8 Å². The van der Waals surface area contributed by atoms with Crippen LogP contribution in [0.2, 0.25) is 0 Å². The standard InChI is InChI=1S/C9H15N3S/c10-12-9(7-3-1-5-11-7)8-4-2-6-13-8/h1,3,5,8-9,11-12H,2,4,6,10H2. The first-order valence-electron chi connectivity index (χ1n) is 4.63. The van der Waals surface area contributed by atoms with E-state index in [4.69, 9.17) is 5.84 Å². The summed E-state index contributed by atoms with van der Waals surface area (Å²) < 4.78 is 0. The van der Waals surface area contributed by atoms with Crippen LogP contribution in [0.1, 0.15) is 24.6 Å². The van der Waals surface area contributed by atoms with Crippen molar-refractivity contribution in [2.24, 2.45) is 5.84 Å². The Labute approximate surface area is 82.4 Å². The predicted octanol–water partition coefficient (Wildman–Crippen LogP) is 1.41. The molecule has 0 amide bonds. The first-order chi connectivity index (χ1) is 6.42. The lowest BCUT2D eigenvalue weighted by atomic mass is 10.1. The van der Waals surface area contributed by atoms with Gasteiger partial charge < -0.3 is 4.98 Å². The number of thioether (sulfide) groups is 1. The molecular weight excluding hydrogens is 182 g/mol. The summed E-state index contributed by atoms with van der Waals surface area (Å²) in [5.74, 6) is 6.83. The SMILES string of the molecule is NNC(c1ccc[nH]1)C1CCCS1. The van der Waals surface area contributed by atoms with Crippen molar-refractivity contribution in [1.29, 1.82) is 0 Å². The van der Waals surface area contributed by atoms with E-state index in [9.17, 15) is 0 Å². The van der Waals surface area contributed by atoms with E-state index in [2.05, 4.69) is 16.5 Å². The van der Waals surface area contributed by atoms with Crippen LogP contribution in [0.15, 0.2) is 18.3 Å². The van der Waals surface area contributed by atoms with Gasteiger partial charge in [-0.1, -0.05) is 0 Å². The van der Waals surface area contributed by atoms with E-state index in [1.165, 1.54) is 24.3 Å². The van der Waals surface area contributed by atoms with E-state index >= 15 is 0 Å². The molecular formula is C9H15N3S. The van der Waals surface area contributed by atoms with Crippen LogP contribution in [0.4, 0.5) is 0 Å². The molecule has 0 aliphatic carbocycles. The number of H-pyrrole nitrogens is 1. The molecule has 2 unspecified atom stereocenters. The maximum absolute atomic E-state index is 5.56. The third-order valence-corrected chi connectivity index (χ3v) is 3.93. The van der Waals surface area contributed by atoms with Crippen molar-refractivity contribution in [2.45, 2.75) is 24.1 Å². The van der Waals surface area contributed by atoms with Gasteiger partial charge in [-0.15, -0.1) is 0 Å². The highest BCUT2D eigenvalue weighted by molar-refractivity contribution is 8.00. The molecule has 4 heteroatoms. The zero-order valence-electron chi connectivity index (χ0n) is 7.49. The molecule has 1 aromatic rings. The monoisotopic (exact) mass is 197 g/mol. The lowest BCUT2D eigenvalue weighted by Crippen LogP contribution is -2.34. The van der Waals surface area contributed by atoms with Gasteiger partial charge in [0.15, 0.2) is 0 Å². The van der Waals surface area contributed by atoms with Gasteiger partial charge in [0.1, 0.15) is 0 Å². The minimum absolute atomic E-state index is 0.280. The molecule has 3 nitrogen and oxygen atoms in total. The number of rotatable bonds is 3. The van der Waals surface area contributed by atoms with E-state index in [0.29, 0.717) is 5.25 Å². The van der Waals surface area contributed by atoms with Gasteiger partial charge in [-0.05, 0) is 30.7 Å². The third kappa shape index (κ3) is 1.90. The Bertz CT molecular complexity index is 241. The largest absolute Gasteiger partial charge is 0.364 e. The molecule has 0 bridgehead atoms. The van der Waals surface area contributed by atoms with Crippen molar-refractivity contribution >= 4 is 11.8 Å². The summed E-state index contributed by atoms with van der Waals surface area (Å²) in [6, 6.07) is 4.38. The number of hydrazine groups is 1. The highest BCUT2D eigenvalue weighted by Gasteiger charge is 2.26. The van der Waals surface area contributed by atoms with Crippen molar-refractivity contribution in [3.63, 3.8) is 0 Å². The molecule has 72 valence electrons. The molecule has 1 fully saturated rings. The minimum Gasteiger partial charge on any atom is -0.364 e. The van der Waals surface area contributed by atoms with Gasteiger partial charge in [0.2, 0.25) is 0 Å². The zero-order valence-corrected chi connectivity index (χ0v) is 8.31. The molecule has 0 spiro atoms. The van der Waals surface area contributed by atoms with Crippen LogP contribution >= 0.6 is 11.8 Å². The number of aromatic amines is 1. The predicted molar refractivity (Wildman–Crippen MR) is 56.3 cm³/mol. The normalized spacial score (nSPS) is 24.8. The van der Waals surface area contributed by atoms with E-state index < -0.39 is 0 Å². The molecule has 2 heterocycles. The molecule has 2 atom stereocenters. The van der Waals surface area contributed by atoms with Gasteiger partial charge in [-0.2, -0.15) is 11.8 Å². The van der Waals surface area contributed by atoms with Gasteiger partial charge in [-0.25, -0.2) is 0 Å². The van der Waals surface area contributed by atoms with E-state index in [0.717, 1.165) is 0 Å². The average molecular weight is 197 g/mol. The summed E-state index contributed by atoms with van der Waals surface area (Å²) in [6.45, 7) is 0. The van der Waals surface area contributed by atoms with Crippen LogP contribution in [-0.4, -0.2) is 16.0 Å². The Hall–Kier alpha value is -0.450. The second-order valence-electron chi connectivity index (χ2n) is 3.32. The first kappa shape index (κ1) is 9.12. The van der Waals surface area contributed by atoms with Crippen LogP contribution in [-0.2, 0) is 0 Å². The number of hydrogen-bond acceptors (Lipinski definition) is 3. The lowest BCUT2D eigenvalue weighted by Gasteiger charge is -2.20. The van der Waals surface area contributed by atoms with Gasteiger partial charge in [0, 0.05) is 17.1 Å². The molecule has 13 heavy (non-hydrogen) atoms. The van der Waals surface area contributed by atoms with E-state index in [1.54, 1.807) is 0 Å². The molecule has 1 aliphatic heterocycles. The fourth-order valence-electron chi connectivity index (χ4n) is 1.80. The number of nitrogens with two attached hydrogens (primary N) is 1. The average Bonchev–Trinajstić information content (AvgIpc) is 2.76. The van der Waals surface area contributed by atoms with Crippen LogP contribution in [0.5, 0.6) is 0 Å². The van der Waals surface area contributed by atoms with Crippen molar-refractivity contribution in [2.75, 3.05) is 5.75 Å². The van der Waals surface area contributed by atoms with E-state index in [-0.39, 0.29) is 6.04 Å². The molecule has 0 aromatic carbocycles. The highest BCUT2D eigenvalue weighted by atomic mass is 32.2. The van der Waals surface area contributed by atoms with Crippen molar-refractivity contribution < 1.29 is 0 Å². The maximum atomic E-state index is 5.56. The Morgan fingerprint density at radius 1 is 1.69 bits per heavy atom. The summed E-state index contributed by atoms with van der Waals surface area (Å²) in [4.78, 5) is 3.21. The third-order valence-electron chi connectivity index (χ3n) is 2.47. The zero-order chi connectivity index (χ0) is 9.10. The molecule has 4 N–H and O–H groups in total. The lowest BCUT2D eigenvalue weighted by molar-refractivity contribution is 0.511. The van der Waals surface area contributed by atoms with Gasteiger partial charge in [0.25, 0.3) is 0 Å². The van der Waals surface area contributed by atoms with Crippen molar-refractivity contribution in [3.05, 3.63) is 24.0 Å². The molecule has 0 radical (unpaired) electrons. The van der Waals surface area contributed by atoms with Gasteiger partial charge in [0.05, 0.1) is 6.04 Å². The molecule has 1 saturated heterocycles. The Balaban J connectivity index is 2.08. The minimum atomic E-state index is 0.280. The highest BCUT2D eigenvalue weighted by Crippen LogP contribution is 2.34. The molecule has 2 rings (SSSR count). The number of nitrogens with one attached hydrogen (secondary N) is 2. The quantitative estimate of drug-likeness (QED) is 0.507. The molecule has 1 aromatic heterocycles. The maximum Gasteiger partial charge on any atom is 0.0728 e. The van der Waals surface area contributed by atoms with Gasteiger partial charge in [-0.3, -0.25) is 11.3 Å². The summed E-state index contributed by atoms with van der Waals surface area (Å²) in [5.41, 5.74) is 4.09. The summed E-state index contributed by atoms with van der Waals surface area (Å²) in [6.07, 6.45) is 4.52. The van der Waals surface area contributed by atoms with Crippen molar-refractivity contribution in [1.82, 2.24) is 10.4 Å². The Kier molecular flexibility index (Phi) is 2.93. The fraction of sp³-hybridized carbons (Fsp3) is 0.556. The van der Waals surface area contributed by atoms with Crippen LogP contribution in [0.25, 0.3) is 0 Å². The second-order valence-corrected chi connectivity index (χ2v) is 4.67. The molecule has 0 saturated carbocycles. The number of hydrogen-bond donors (Lipinski definition) is 3. The summed E-state index contributed by atoms with van der Waals surface area (Å²) in [5, 5.41) is 0.628. The Morgan fingerprint density at radius 3 is 3.15 bits per heavy atom. The molecule has 1 aliphatic rings. The van der Waals surface area contributed by atoms with Crippen molar-refractivity contribution in [3.8, 4) is 0 Å². The van der Waals surface area contributed by atoms with Crippen LogP contribution in [0.3, 0.4) is 0 Å². The first-order valence-corrected chi connectivity index (χ1v) is 5.67. The smallest absolute Gasteiger partial charge is 0.0728 e. The van der Waals surface area contributed by atoms with Gasteiger partial charge >= 0.3 is 0 Å². The Morgan fingerprint density at radius 2 is 2.62 bits per heavy atom. The summed E-state index contributed by atoms with van der Waals surface area (Å²) >= 11 is 2.01. The fourth-order valence-corrected chi connectivity index (χ4v) is 3.19. The van der Waals surface area contributed by atoms with Crippen LogP contribution < -0.4 is 11.3 Å². The summed E-state index contributed by atoms with van der Waals surface area (Å²) in [7, 11) is 0. The number of aromatic nitrogens is 1. The van der Waals surface area contributed by atoms with E-state index in [1.807, 2.05) is 24.0 Å². The van der Waals surface area contributed by atoms with Crippen LogP contribution in [0, 0.1) is 0 Å².